The zero-order valence-corrected chi connectivity index (χ0v) is 9.29. The Morgan fingerprint density at radius 3 is 2.50 bits per heavy atom. The van der Waals surface area contributed by atoms with Crippen molar-refractivity contribution in [3.05, 3.63) is 34.9 Å². The van der Waals surface area contributed by atoms with Gasteiger partial charge in [-0.15, -0.1) is 0 Å². The van der Waals surface area contributed by atoms with Gasteiger partial charge in [-0.3, -0.25) is 0 Å². The van der Waals surface area contributed by atoms with Crippen LogP contribution in [0.2, 0.25) is 5.02 Å². The molecule has 0 spiro atoms. The molecule has 3 heteroatoms. The quantitative estimate of drug-likeness (QED) is 0.835. The Morgan fingerprint density at radius 1 is 1.36 bits per heavy atom. The van der Waals surface area contributed by atoms with Crippen molar-refractivity contribution in [1.29, 1.82) is 0 Å². The van der Waals surface area contributed by atoms with Gasteiger partial charge in [-0.25, -0.2) is 0 Å². The molecule has 2 N–H and O–H groups in total. The summed E-state index contributed by atoms with van der Waals surface area (Å²) in [6.45, 7) is 4.42. The van der Waals surface area contributed by atoms with Gasteiger partial charge in [0.15, 0.2) is 0 Å². The van der Waals surface area contributed by atoms with Crippen molar-refractivity contribution >= 4 is 11.6 Å². The predicted molar refractivity (Wildman–Crippen MR) is 59.5 cm³/mol. The Kier molecular flexibility index (Phi) is 4.39. The van der Waals surface area contributed by atoms with Gasteiger partial charge in [-0.2, -0.15) is 0 Å². The van der Waals surface area contributed by atoms with Crippen LogP contribution in [0.5, 0.6) is 0 Å². The van der Waals surface area contributed by atoms with Crippen LogP contribution in [0.1, 0.15) is 25.5 Å². The first-order valence-electron chi connectivity index (χ1n) is 4.75. The lowest BCUT2D eigenvalue weighted by Gasteiger charge is -2.20. The lowest BCUT2D eigenvalue weighted by atomic mass is 10.1. The fourth-order valence-corrected chi connectivity index (χ4v) is 1.58. The SMILES string of the molecule is CC(C)O[C@H](CN)c1ccccc1Cl. The summed E-state index contributed by atoms with van der Waals surface area (Å²) < 4.78 is 5.66. The van der Waals surface area contributed by atoms with Crippen molar-refractivity contribution in [3.63, 3.8) is 0 Å². The third kappa shape index (κ3) is 2.98. The fourth-order valence-electron chi connectivity index (χ4n) is 1.32. The van der Waals surface area contributed by atoms with Crippen LogP contribution >= 0.6 is 11.6 Å². The zero-order chi connectivity index (χ0) is 10.6. The van der Waals surface area contributed by atoms with E-state index in [2.05, 4.69) is 0 Å². The van der Waals surface area contributed by atoms with Crippen molar-refractivity contribution in [3.8, 4) is 0 Å². The van der Waals surface area contributed by atoms with Gasteiger partial charge in [0.25, 0.3) is 0 Å². The summed E-state index contributed by atoms with van der Waals surface area (Å²) in [6, 6.07) is 7.63. The number of rotatable bonds is 4. The molecule has 0 saturated carbocycles. The van der Waals surface area contributed by atoms with Crippen LogP contribution < -0.4 is 5.73 Å². The molecule has 1 rings (SSSR count). The lowest BCUT2D eigenvalue weighted by molar-refractivity contribution is 0.0120. The maximum absolute atomic E-state index is 6.05. The maximum Gasteiger partial charge on any atom is 0.0964 e. The average molecular weight is 214 g/mol. The first kappa shape index (κ1) is 11.5. The molecule has 78 valence electrons. The standard InChI is InChI=1S/C11H16ClNO/c1-8(2)14-11(7-13)9-5-3-4-6-10(9)12/h3-6,8,11H,7,13H2,1-2H3/t11-/m1/s1. The molecule has 0 aliphatic rings. The molecule has 0 saturated heterocycles. The van der Waals surface area contributed by atoms with E-state index in [-0.39, 0.29) is 12.2 Å². The highest BCUT2D eigenvalue weighted by atomic mass is 35.5. The highest BCUT2D eigenvalue weighted by Gasteiger charge is 2.14. The Balaban J connectivity index is 2.83. The Morgan fingerprint density at radius 2 is 2.00 bits per heavy atom. The highest BCUT2D eigenvalue weighted by Crippen LogP contribution is 2.25. The Bertz CT molecular complexity index is 288. The molecule has 0 aromatic heterocycles. The predicted octanol–water partition coefficient (Wildman–Crippen LogP) is 2.76. The highest BCUT2D eigenvalue weighted by molar-refractivity contribution is 6.31. The van der Waals surface area contributed by atoms with E-state index >= 15 is 0 Å². The van der Waals surface area contributed by atoms with Crippen LogP contribution in [0, 0.1) is 0 Å². The summed E-state index contributed by atoms with van der Waals surface area (Å²) >= 11 is 6.05. The first-order chi connectivity index (χ1) is 6.65. The van der Waals surface area contributed by atoms with E-state index in [4.69, 9.17) is 22.1 Å². The van der Waals surface area contributed by atoms with E-state index in [1.54, 1.807) is 0 Å². The van der Waals surface area contributed by atoms with Gasteiger partial charge in [0.05, 0.1) is 12.2 Å². The molecular weight excluding hydrogens is 198 g/mol. The van der Waals surface area contributed by atoms with Crippen LogP contribution in [0.4, 0.5) is 0 Å². The summed E-state index contributed by atoms with van der Waals surface area (Å²) in [5, 5.41) is 0.712. The maximum atomic E-state index is 6.05. The van der Waals surface area contributed by atoms with Crippen LogP contribution in [0.3, 0.4) is 0 Å². The second-order valence-electron chi connectivity index (χ2n) is 3.43. The third-order valence-corrected chi connectivity index (χ3v) is 2.25. The van der Waals surface area contributed by atoms with Gasteiger partial charge in [0.2, 0.25) is 0 Å². The molecule has 1 atom stereocenters. The van der Waals surface area contributed by atoms with Crippen LogP contribution in [-0.2, 0) is 4.74 Å². The van der Waals surface area contributed by atoms with Gasteiger partial charge in [0.1, 0.15) is 0 Å². The smallest absolute Gasteiger partial charge is 0.0964 e. The molecule has 0 aliphatic carbocycles. The number of hydrogen-bond acceptors (Lipinski definition) is 2. The average Bonchev–Trinajstić information content (AvgIpc) is 2.15. The molecule has 0 radical (unpaired) electrons. The van der Waals surface area contributed by atoms with Gasteiger partial charge in [-0.1, -0.05) is 29.8 Å². The van der Waals surface area contributed by atoms with Crippen LogP contribution in [0.25, 0.3) is 0 Å². The minimum absolute atomic E-state index is 0.108. The van der Waals surface area contributed by atoms with Gasteiger partial charge >= 0.3 is 0 Å². The normalized spacial score (nSPS) is 13.2. The molecular formula is C11H16ClNO. The molecule has 0 heterocycles. The fraction of sp³-hybridized carbons (Fsp3) is 0.455. The minimum Gasteiger partial charge on any atom is -0.369 e. The van der Waals surface area contributed by atoms with E-state index < -0.39 is 0 Å². The van der Waals surface area contributed by atoms with Crippen molar-refractivity contribution in [2.24, 2.45) is 5.73 Å². The summed E-state index contributed by atoms with van der Waals surface area (Å²) in [6.07, 6.45) is 0.0449. The van der Waals surface area contributed by atoms with Crippen molar-refractivity contribution < 1.29 is 4.74 Å². The molecule has 1 aromatic rings. The van der Waals surface area contributed by atoms with E-state index in [0.717, 1.165) is 5.56 Å². The van der Waals surface area contributed by atoms with Crippen LogP contribution in [-0.4, -0.2) is 12.6 Å². The van der Waals surface area contributed by atoms with Crippen molar-refractivity contribution in [1.82, 2.24) is 0 Å². The second kappa shape index (κ2) is 5.35. The first-order valence-corrected chi connectivity index (χ1v) is 5.13. The topological polar surface area (TPSA) is 35.2 Å². The van der Waals surface area contributed by atoms with Gasteiger partial charge < -0.3 is 10.5 Å². The number of halogens is 1. The third-order valence-electron chi connectivity index (χ3n) is 1.90. The van der Waals surface area contributed by atoms with E-state index in [1.807, 2.05) is 38.1 Å². The number of benzene rings is 1. The molecule has 0 aliphatic heterocycles. The van der Waals surface area contributed by atoms with Crippen molar-refractivity contribution in [2.45, 2.75) is 26.1 Å². The van der Waals surface area contributed by atoms with E-state index in [0.29, 0.717) is 11.6 Å². The second-order valence-corrected chi connectivity index (χ2v) is 3.84. The molecule has 0 unspecified atom stereocenters. The molecule has 2 nitrogen and oxygen atoms in total. The van der Waals surface area contributed by atoms with Crippen LogP contribution in [0.15, 0.2) is 24.3 Å². The Labute approximate surface area is 90.0 Å². The van der Waals surface area contributed by atoms with E-state index in [9.17, 15) is 0 Å². The number of nitrogens with two attached hydrogens (primary N) is 1. The molecule has 0 amide bonds. The van der Waals surface area contributed by atoms with E-state index in [1.165, 1.54) is 0 Å². The molecule has 14 heavy (non-hydrogen) atoms. The Hall–Kier alpha value is -0.570. The summed E-state index contributed by atoms with van der Waals surface area (Å²) in [4.78, 5) is 0. The number of hydrogen-bond donors (Lipinski definition) is 1. The number of ether oxygens (including phenoxy) is 1. The molecule has 0 bridgehead atoms. The molecule has 1 aromatic carbocycles. The largest absolute Gasteiger partial charge is 0.369 e. The zero-order valence-electron chi connectivity index (χ0n) is 8.53. The lowest BCUT2D eigenvalue weighted by Crippen LogP contribution is -2.19. The summed E-state index contributed by atoms with van der Waals surface area (Å²) in [5.74, 6) is 0. The summed E-state index contributed by atoms with van der Waals surface area (Å²) in [7, 11) is 0. The monoisotopic (exact) mass is 213 g/mol. The van der Waals surface area contributed by atoms with Gasteiger partial charge in [0, 0.05) is 17.1 Å². The van der Waals surface area contributed by atoms with Gasteiger partial charge in [-0.05, 0) is 19.9 Å². The van der Waals surface area contributed by atoms with Crippen molar-refractivity contribution in [2.75, 3.05) is 6.54 Å². The summed E-state index contributed by atoms with van der Waals surface area (Å²) in [5.41, 5.74) is 6.60. The minimum atomic E-state index is -0.108. The molecule has 0 fully saturated rings.